The maximum atomic E-state index is 12.3. The zero-order valence-corrected chi connectivity index (χ0v) is 16.1. The normalized spacial score (nSPS) is 12.0. The molecule has 0 radical (unpaired) electrons. The first-order chi connectivity index (χ1) is 12.5. The number of aromatic nitrogens is 1. The fraction of sp³-hybridized carbons (Fsp3) is 0.421. The number of ketones is 1. The molecule has 0 saturated carbocycles. The van der Waals surface area contributed by atoms with Crippen molar-refractivity contribution < 1.29 is 19.1 Å². The van der Waals surface area contributed by atoms with Crippen LogP contribution in [0.5, 0.6) is 0 Å². The van der Waals surface area contributed by atoms with Crippen LogP contribution in [-0.4, -0.2) is 47.4 Å². The third kappa shape index (κ3) is 4.88. The van der Waals surface area contributed by atoms with Gasteiger partial charge < -0.3 is 14.6 Å². The predicted molar refractivity (Wildman–Crippen MR) is 104 cm³/mol. The molecule has 26 heavy (non-hydrogen) atoms. The van der Waals surface area contributed by atoms with E-state index in [0.29, 0.717) is 18.5 Å². The average Bonchev–Trinajstić information content (AvgIpc) is 3.02. The van der Waals surface area contributed by atoms with Crippen molar-refractivity contribution in [2.45, 2.75) is 32.4 Å². The number of nitrogens with one attached hydrogen (secondary N) is 1. The van der Waals surface area contributed by atoms with Crippen molar-refractivity contribution in [2.75, 3.05) is 19.1 Å². The van der Waals surface area contributed by atoms with Crippen LogP contribution in [0.15, 0.2) is 30.5 Å². The van der Waals surface area contributed by atoms with E-state index in [1.807, 2.05) is 35.1 Å². The summed E-state index contributed by atoms with van der Waals surface area (Å²) < 4.78 is 6.66. The number of benzene rings is 1. The largest absolute Gasteiger partial charge is 0.467 e. The molecule has 140 valence electrons. The summed E-state index contributed by atoms with van der Waals surface area (Å²) in [6, 6.07) is 6.99. The molecule has 1 amide bonds. The topological polar surface area (TPSA) is 77.4 Å². The van der Waals surface area contributed by atoms with E-state index >= 15 is 0 Å². The van der Waals surface area contributed by atoms with Crippen LogP contribution in [0.1, 0.15) is 30.1 Å². The Morgan fingerprint density at radius 3 is 2.65 bits per heavy atom. The standard InChI is InChI=1S/C19H24N2O4S/c1-13(22)15-12-21(17-7-5-4-6-14(15)17)10-8-18(23)20-16(9-11-26-3)19(24)25-2/h4-7,12,16H,8-11H2,1-3H3,(H,20,23). The SMILES string of the molecule is COC(=O)C(CCSC)NC(=O)CCn1cc(C(C)=O)c2ccccc21. The van der Waals surface area contributed by atoms with Crippen molar-refractivity contribution in [3.8, 4) is 0 Å². The Labute approximate surface area is 157 Å². The maximum Gasteiger partial charge on any atom is 0.328 e. The molecule has 7 heteroatoms. The van der Waals surface area contributed by atoms with Crippen LogP contribution in [0.2, 0.25) is 0 Å². The van der Waals surface area contributed by atoms with Gasteiger partial charge in [-0.1, -0.05) is 18.2 Å². The minimum Gasteiger partial charge on any atom is -0.467 e. The van der Waals surface area contributed by atoms with E-state index in [4.69, 9.17) is 4.74 Å². The molecule has 1 heterocycles. The molecule has 0 fully saturated rings. The van der Waals surface area contributed by atoms with E-state index < -0.39 is 12.0 Å². The number of thioether (sulfide) groups is 1. The summed E-state index contributed by atoms with van der Waals surface area (Å²) in [6.45, 7) is 1.96. The molecule has 1 N–H and O–H groups in total. The number of fused-ring (bicyclic) bond motifs is 1. The Morgan fingerprint density at radius 1 is 1.27 bits per heavy atom. The molecule has 2 aromatic rings. The molecule has 0 bridgehead atoms. The van der Waals surface area contributed by atoms with E-state index in [0.717, 1.165) is 16.7 Å². The minimum absolute atomic E-state index is 0.00720. The van der Waals surface area contributed by atoms with Crippen LogP contribution in [-0.2, 0) is 20.9 Å². The number of rotatable bonds is 9. The second-order valence-electron chi connectivity index (χ2n) is 5.98. The van der Waals surface area contributed by atoms with Gasteiger partial charge in [-0.2, -0.15) is 11.8 Å². The Bertz CT molecular complexity index is 800. The van der Waals surface area contributed by atoms with Crippen LogP contribution in [0.25, 0.3) is 10.9 Å². The second-order valence-corrected chi connectivity index (χ2v) is 6.97. The summed E-state index contributed by atoms with van der Waals surface area (Å²) >= 11 is 1.61. The zero-order chi connectivity index (χ0) is 19.1. The van der Waals surface area contributed by atoms with Crippen molar-refractivity contribution in [3.63, 3.8) is 0 Å². The molecule has 1 atom stereocenters. The van der Waals surface area contributed by atoms with Gasteiger partial charge in [-0.25, -0.2) is 4.79 Å². The number of amides is 1. The van der Waals surface area contributed by atoms with Crippen molar-refractivity contribution >= 4 is 40.3 Å². The number of carbonyl (C=O) groups excluding carboxylic acids is 3. The van der Waals surface area contributed by atoms with Crippen LogP contribution in [0.4, 0.5) is 0 Å². The smallest absolute Gasteiger partial charge is 0.328 e. The van der Waals surface area contributed by atoms with Crippen LogP contribution >= 0.6 is 11.8 Å². The summed E-state index contributed by atoms with van der Waals surface area (Å²) in [4.78, 5) is 35.9. The van der Waals surface area contributed by atoms with Gasteiger partial charge in [0.25, 0.3) is 0 Å². The molecule has 1 aromatic carbocycles. The molecular weight excluding hydrogens is 352 g/mol. The fourth-order valence-electron chi connectivity index (χ4n) is 2.83. The Hall–Kier alpha value is -2.28. The van der Waals surface area contributed by atoms with Gasteiger partial charge in [0.1, 0.15) is 6.04 Å². The van der Waals surface area contributed by atoms with Crippen molar-refractivity contribution in [1.29, 1.82) is 0 Å². The van der Waals surface area contributed by atoms with Gasteiger partial charge in [0.05, 0.1) is 7.11 Å². The average molecular weight is 376 g/mol. The molecule has 0 saturated heterocycles. The van der Waals surface area contributed by atoms with E-state index in [1.165, 1.54) is 14.0 Å². The first-order valence-electron chi connectivity index (χ1n) is 8.42. The Morgan fingerprint density at radius 2 is 2.00 bits per heavy atom. The fourth-order valence-corrected chi connectivity index (χ4v) is 3.30. The predicted octanol–water partition coefficient (Wildman–Crippen LogP) is 2.64. The van der Waals surface area contributed by atoms with Gasteiger partial charge in [0.15, 0.2) is 5.78 Å². The lowest BCUT2D eigenvalue weighted by Crippen LogP contribution is -2.42. The summed E-state index contributed by atoms with van der Waals surface area (Å²) in [7, 11) is 1.32. The highest BCUT2D eigenvalue weighted by Gasteiger charge is 2.21. The van der Waals surface area contributed by atoms with Gasteiger partial charge in [-0.15, -0.1) is 0 Å². The van der Waals surface area contributed by atoms with Crippen molar-refractivity contribution in [3.05, 3.63) is 36.0 Å². The number of carbonyl (C=O) groups is 3. The van der Waals surface area contributed by atoms with E-state index in [-0.39, 0.29) is 18.1 Å². The molecule has 1 aromatic heterocycles. The van der Waals surface area contributed by atoms with Gasteiger partial charge in [0.2, 0.25) is 5.91 Å². The van der Waals surface area contributed by atoms with Crippen LogP contribution in [0, 0.1) is 0 Å². The van der Waals surface area contributed by atoms with E-state index in [1.54, 1.807) is 18.0 Å². The summed E-state index contributed by atoms with van der Waals surface area (Å²) in [5, 5.41) is 3.63. The molecule has 0 aliphatic heterocycles. The van der Waals surface area contributed by atoms with Gasteiger partial charge in [-0.3, -0.25) is 9.59 Å². The monoisotopic (exact) mass is 376 g/mol. The number of aryl methyl sites for hydroxylation is 1. The molecule has 0 aliphatic carbocycles. The minimum atomic E-state index is -0.630. The quantitative estimate of drug-likeness (QED) is 0.538. The number of hydrogen-bond acceptors (Lipinski definition) is 5. The highest BCUT2D eigenvalue weighted by atomic mass is 32.2. The number of para-hydroxylation sites is 1. The summed E-state index contributed by atoms with van der Waals surface area (Å²) in [6.07, 6.45) is 4.47. The molecular formula is C19H24N2O4S. The van der Waals surface area contributed by atoms with Crippen LogP contribution < -0.4 is 5.32 Å². The molecule has 1 unspecified atom stereocenters. The number of ether oxygens (including phenoxy) is 1. The lowest BCUT2D eigenvalue weighted by atomic mass is 10.1. The summed E-state index contributed by atoms with van der Waals surface area (Å²) in [5.41, 5.74) is 1.56. The highest BCUT2D eigenvalue weighted by molar-refractivity contribution is 7.98. The van der Waals surface area contributed by atoms with Crippen molar-refractivity contribution in [2.24, 2.45) is 0 Å². The first kappa shape index (κ1) is 20.0. The number of Topliss-reactive ketones (excluding diaryl/α,β-unsaturated/α-hetero) is 1. The lowest BCUT2D eigenvalue weighted by Gasteiger charge is -2.16. The second kappa shape index (κ2) is 9.43. The molecule has 0 aliphatic rings. The number of hydrogen-bond donors (Lipinski definition) is 1. The summed E-state index contributed by atoms with van der Waals surface area (Å²) in [5.74, 6) is 0.0955. The number of nitrogens with zero attached hydrogens (tertiary/aromatic N) is 1. The molecule has 2 rings (SSSR count). The van der Waals surface area contributed by atoms with Crippen molar-refractivity contribution in [1.82, 2.24) is 9.88 Å². The molecule has 6 nitrogen and oxygen atoms in total. The first-order valence-corrected chi connectivity index (χ1v) is 9.82. The number of methoxy groups -OCH3 is 1. The van der Waals surface area contributed by atoms with Gasteiger partial charge in [0, 0.05) is 35.6 Å². The third-order valence-corrected chi connectivity index (χ3v) is 4.82. The third-order valence-electron chi connectivity index (χ3n) is 4.18. The van der Waals surface area contributed by atoms with E-state index in [2.05, 4.69) is 5.32 Å². The number of esters is 1. The highest BCUT2D eigenvalue weighted by Crippen LogP contribution is 2.22. The maximum absolute atomic E-state index is 12.3. The lowest BCUT2D eigenvalue weighted by molar-refractivity contribution is -0.145. The molecule has 0 spiro atoms. The Balaban J connectivity index is 2.06. The zero-order valence-electron chi connectivity index (χ0n) is 15.3. The Kier molecular flexibility index (Phi) is 7.26. The van der Waals surface area contributed by atoms with Gasteiger partial charge in [-0.05, 0) is 31.4 Å². The van der Waals surface area contributed by atoms with Crippen LogP contribution in [0.3, 0.4) is 0 Å². The van der Waals surface area contributed by atoms with E-state index in [9.17, 15) is 14.4 Å². The van der Waals surface area contributed by atoms with Gasteiger partial charge >= 0.3 is 5.97 Å².